The van der Waals surface area contributed by atoms with Gasteiger partial charge >= 0.3 is 0 Å². The van der Waals surface area contributed by atoms with Crippen LogP contribution in [0, 0.1) is 0 Å². The molecule has 0 saturated carbocycles. The molecule has 1 aromatic heterocycles. The SMILES string of the molecule is CCc1nn(C)c(CN2CCCCC2C(C)=O)c1Cl. The Hall–Kier alpha value is -0.870. The predicted molar refractivity (Wildman–Crippen MR) is 76.3 cm³/mol. The van der Waals surface area contributed by atoms with E-state index in [0.29, 0.717) is 6.54 Å². The second-order valence-corrected chi connectivity index (χ2v) is 5.66. The quantitative estimate of drug-likeness (QED) is 0.852. The van der Waals surface area contributed by atoms with Crippen molar-refractivity contribution in [2.75, 3.05) is 6.54 Å². The number of halogens is 1. The first-order valence-electron chi connectivity index (χ1n) is 6.99. The number of nitrogens with zero attached hydrogens (tertiary/aromatic N) is 3. The van der Waals surface area contributed by atoms with Crippen LogP contribution >= 0.6 is 11.6 Å². The Labute approximate surface area is 119 Å². The Morgan fingerprint density at radius 3 is 2.79 bits per heavy atom. The predicted octanol–water partition coefficient (Wildman–Crippen LogP) is 2.58. The summed E-state index contributed by atoms with van der Waals surface area (Å²) in [5.41, 5.74) is 1.96. The molecule has 2 heterocycles. The molecule has 0 N–H and O–H groups in total. The maximum atomic E-state index is 11.7. The van der Waals surface area contributed by atoms with Crippen LogP contribution in [0.15, 0.2) is 0 Å². The lowest BCUT2D eigenvalue weighted by Gasteiger charge is -2.34. The second-order valence-electron chi connectivity index (χ2n) is 5.28. The number of aryl methyl sites for hydroxylation is 2. The number of rotatable bonds is 4. The molecule has 1 saturated heterocycles. The highest BCUT2D eigenvalue weighted by molar-refractivity contribution is 6.31. The van der Waals surface area contributed by atoms with Crippen molar-refractivity contribution in [2.24, 2.45) is 7.05 Å². The average molecular weight is 284 g/mol. The van der Waals surface area contributed by atoms with Crippen molar-refractivity contribution in [3.63, 3.8) is 0 Å². The van der Waals surface area contributed by atoms with E-state index in [0.717, 1.165) is 48.6 Å². The Kier molecular flexibility index (Phi) is 4.63. The molecule has 0 amide bonds. The molecule has 19 heavy (non-hydrogen) atoms. The van der Waals surface area contributed by atoms with E-state index in [2.05, 4.69) is 16.9 Å². The van der Waals surface area contributed by atoms with Gasteiger partial charge in [-0.3, -0.25) is 14.4 Å². The number of carbonyl (C=O) groups is 1. The van der Waals surface area contributed by atoms with Gasteiger partial charge in [-0.1, -0.05) is 24.9 Å². The normalized spacial score (nSPS) is 20.7. The van der Waals surface area contributed by atoms with Crippen molar-refractivity contribution in [1.82, 2.24) is 14.7 Å². The maximum absolute atomic E-state index is 11.7. The number of carbonyl (C=O) groups excluding carboxylic acids is 1. The summed E-state index contributed by atoms with van der Waals surface area (Å²) in [6.45, 7) is 5.42. The topological polar surface area (TPSA) is 38.1 Å². The summed E-state index contributed by atoms with van der Waals surface area (Å²) in [6.07, 6.45) is 4.09. The van der Waals surface area contributed by atoms with Gasteiger partial charge in [0.25, 0.3) is 0 Å². The number of hydrogen-bond acceptors (Lipinski definition) is 3. The molecule has 1 atom stereocenters. The lowest BCUT2D eigenvalue weighted by atomic mass is 9.99. The molecular formula is C14H22ClN3O. The molecule has 106 valence electrons. The molecule has 0 aromatic carbocycles. The lowest BCUT2D eigenvalue weighted by molar-refractivity contribution is -0.123. The minimum absolute atomic E-state index is 0.0461. The van der Waals surface area contributed by atoms with Crippen molar-refractivity contribution in [2.45, 2.75) is 52.1 Å². The van der Waals surface area contributed by atoms with Gasteiger partial charge in [0, 0.05) is 13.6 Å². The third-order valence-corrected chi connectivity index (χ3v) is 4.38. The number of piperidine rings is 1. The van der Waals surface area contributed by atoms with Gasteiger partial charge in [-0.15, -0.1) is 0 Å². The fourth-order valence-electron chi connectivity index (χ4n) is 2.82. The highest BCUT2D eigenvalue weighted by Crippen LogP contribution is 2.26. The first-order valence-corrected chi connectivity index (χ1v) is 7.37. The first-order chi connectivity index (χ1) is 9.04. The summed E-state index contributed by atoms with van der Waals surface area (Å²) in [5.74, 6) is 0.258. The number of hydrogen-bond donors (Lipinski definition) is 0. The van der Waals surface area contributed by atoms with E-state index in [4.69, 9.17) is 11.6 Å². The van der Waals surface area contributed by atoms with E-state index in [1.807, 2.05) is 11.7 Å². The zero-order valence-electron chi connectivity index (χ0n) is 11.9. The Balaban J connectivity index is 2.19. The maximum Gasteiger partial charge on any atom is 0.146 e. The smallest absolute Gasteiger partial charge is 0.146 e. The van der Waals surface area contributed by atoms with Crippen LogP contribution in [0.2, 0.25) is 5.02 Å². The molecule has 0 bridgehead atoms. The number of likely N-dealkylation sites (tertiary alicyclic amines) is 1. The third kappa shape index (κ3) is 3.00. The third-order valence-electron chi connectivity index (χ3n) is 3.94. The summed E-state index contributed by atoms with van der Waals surface area (Å²) in [6, 6.07) is 0.0461. The zero-order valence-corrected chi connectivity index (χ0v) is 12.7. The Bertz CT molecular complexity index is 470. The molecule has 1 aromatic rings. The first kappa shape index (κ1) is 14.5. The van der Waals surface area contributed by atoms with Gasteiger partial charge in [0.15, 0.2) is 0 Å². The van der Waals surface area contributed by atoms with Crippen molar-refractivity contribution in [1.29, 1.82) is 0 Å². The van der Waals surface area contributed by atoms with Gasteiger partial charge < -0.3 is 0 Å². The molecule has 1 aliphatic heterocycles. The minimum Gasteiger partial charge on any atom is -0.298 e. The largest absolute Gasteiger partial charge is 0.298 e. The Morgan fingerprint density at radius 2 is 2.21 bits per heavy atom. The fraction of sp³-hybridized carbons (Fsp3) is 0.714. The number of ketones is 1. The summed E-state index contributed by atoms with van der Waals surface area (Å²) in [4.78, 5) is 14.0. The van der Waals surface area contributed by atoms with E-state index in [9.17, 15) is 4.79 Å². The van der Waals surface area contributed by atoms with Crippen molar-refractivity contribution < 1.29 is 4.79 Å². The van der Waals surface area contributed by atoms with Crippen LogP contribution in [0.5, 0.6) is 0 Å². The van der Waals surface area contributed by atoms with E-state index in [-0.39, 0.29) is 11.8 Å². The molecule has 0 spiro atoms. The summed E-state index contributed by atoms with van der Waals surface area (Å²) < 4.78 is 1.85. The van der Waals surface area contributed by atoms with E-state index in [1.54, 1.807) is 6.92 Å². The Morgan fingerprint density at radius 1 is 1.47 bits per heavy atom. The molecular weight excluding hydrogens is 262 g/mol. The molecule has 0 aliphatic carbocycles. The van der Waals surface area contributed by atoms with Crippen LogP contribution < -0.4 is 0 Å². The number of aromatic nitrogens is 2. The molecule has 1 fully saturated rings. The van der Waals surface area contributed by atoms with Crippen LogP contribution in [0.4, 0.5) is 0 Å². The van der Waals surface area contributed by atoms with Crippen molar-refractivity contribution in [3.05, 3.63) is 16.4 Å². The van der Waals surface area contributed by atoms with E-state index < -0.39 is 0 Å². The van der Waals surface area contributed by atoms with E-state index in [1.165, 1.54) is 0 Å². The fourth-order valence-corrected chi connectivity index (χ4v) is 3.18. The van der Waals surface area contributed by atoms with Gasteiger partial charge in [-0.2, -0.15) is 5.10 Å². The van der Waals surface area contributed by atoms with E-state index >= 15 is 0 Å². The second kappa shape index (κ2) is 6.06. The molecule has 1 unspecified atom stereocenters. The van der Waals surface area contributed by atoms with Gasteiger partial charge in [-0.05, 0) is 32.7 Å². The van der Waals surface area contributed by atoms with Gasteiger partial charge in [-0.25, -0.2) is 0 Å². The van der Waals surface area contributed by atoms with Crippen LogP contribution in [0.1, 0.15) is 44.5 Å². The average Bonchev–Trinajstić information content (AvgIpc) is 2.66. The minimum atomic E-state index is 0.0461. The molecule has 1 aliphatic rings. The molecule has 4 nitrogen and oxygen atoms in total. The molecule has 2 rings (SSSR count). The standard InChI is InChI=1S/C14H22ClN3O/c1-4-11-14(15)13(17(3)16-11)9-18-8-6-5-7-12(18)10(2)19/h12H,4-9H2,1-3H3. The molecule has 5 heteroatoms. The van der Waals surface area contributed by atoms with Crippen LogP contribution in [0.25, 0.3) is 0 Å². The van der Waals surface area contributed by atoms with Crippen LogP contribution in [0.3, 0.4) is 0 Å². The number of Topliss-reactive ketones (excluding diaryl/α,β-unsaturated/α-hetero) is 1. The summed E-state index contributed by atoms with van der Waals surface area (Å²) >= 11 is 6.38. The highest BCUT2D eigenvalue weighted by Gasteiger charge is 2.27. The van der Waals surface area contributed by atoms with Gasteiger partial charge in [0.05, 0.1) is 22.5 Å². The van der Waals surface area contributed by atoms with Crippen molar-refractivity contribution >= 4 is 17.4 Å². The monoisotopic (exact) mass is 283 g/mol. The summed E-state index contributed by atoms with van der Waals surface area (Å²) in [7, 11) is 1.92. The van der Waals surface area contributed by atoms with Crippen molar-refractivity contribution in [3.8, 4) is 0 Å². The van der Waals surface area contributed by atoms with Crippen LogP contribution in [-0.2, 0) is 24.8 Å². The van der Waals surface area contributed by atoms with Gasteiger partial charge in [0.2, 0.25) is 0 Å². The zero-order chi connectivity index (χ0) is 14.0. The van der Waals surface area contributed by atoms with Gasteiger partial charge in [0.1, 0.15) is 5.78 Å². The molecule has 0 radical (unpaired) electrons. The van der Waals surface area contributed by atoms with Crippen LogP contribution in [-0.4, -0.2) is 33.1 Å². The summed E-state index contributed by atoms with van der Waals surface area (Å²) in [5, 5.41) is 5.20. The lowest BCUT2D eigenvalue weighted by Crippen LogP contribution is -2.43. The highest BCUT2D eigenvalue weighted by atomic mass is 35.5.